The highest BCUT2D eigenvalue weighted by Gasteiger charge is 2.35. The Balaban J connectivity index is 2.12. The van der Waals surface area contributed by atoms with Crippen molar-refractivity contribution in [3.8, 4) is 17.2 Å². The number of halogens is 1. The normalized spacial score (nSPS) is 12.2. The van der Waals surface area contributed by atoms with Crippen LogP contribution in [0.4, 0.5) is 10.1 Å². The SMILES string of the molecule is CCOc1ccc(N(CC(=O)N(Cc2ccc(F)cc2)[C@H](CC)C(=O)NC(C)(C)C)S(=O)(=O)c2ccc(OC)c(OC)c2)cc1. The van der Waals surface area contributed by atoms with Crippen LogP contribution >= 0.6 is 0 Å². The summed E-state index contributed by atoms with van der Waals surface area (Å²) in [5, 5.41) is 2.92. The lowest BCUT2D eigenvalue weighted by atomic mass is 10.1. The summed E-state index contributed by atoms with van der Waals surface area (Å²) in [6, 6.07) is 15.1. The maximum absolute atomic E-state index is 14.2. The van der Waals surface area contributed by atoms with Crippen LogP contribution < -0.4 is 23.8 Å². The monoisotopic (exact) mass is 643 g/mol. The van der Waals surface area contributed by atoms with Crippen molar-refractivity contribution in [2.75, 3.05) is 31.7 Å². The Kier molecular flexibility index (Phi) is 11.8. The molecule has 3 rings (SSSR count). The second kappa shape index (κ2) is 15.1. The summed E-state index contributed by atoms with van der Waals surface area (Å²) in [4.78, 5) is 28.9. The fourth-order valence-electron chi connectivity index (χ4n) is 4.67. The van der Waals surface area contributed by atoms with Crippen molar-refractivity contribution < 1.29 is 36.6 Å². The average molecular weight is 644 g/mol. The standard InChI is InChI=1S/C33H42FN3O7S/c1-8-28(32(39)35-33(3,4)5)36(21-23-10-12-24(34)13-11-23)31(38)22-37(25-14-16-26(17-15-25)44-9-2)45(40,41)27-18-19-29(42-6)30(20-27)43-7/h10-20,28H,8-9,21-22H2,1-7H3,(H,35,39)/t28-/m1/s1. The van der Waals surface area contributed by atoms with E-state index >= 15 is 0 Å². The highest BCUT2D eigenvalue weighted by Crippen LogP contribution is 2.33. The van der Waals surface area contributed by atoms with Gasteiger partial charge in [0.2, 0.25) is 11.8 Å². The summed E-state index contributed by atoms with van der Waals surface area (Å²) in [7, 11) is -1.54. The molecule has 0 aliphatic heterocycles. The van der Waals surface area contributed by atoms with Gasteiger partial charge < -0.3 is 24.4 Å². The molecule has 0 spiro atoms. The molecule has 0 fully saturated rings. The summed E-state index contributed by atoms with van der Waals surface area (Å²) in [6.45, 7) is 8.80. The van der Waals surface area contributed by atoms with E-state index in [2.05, 4.69) is 5.32 Å². The van der Waals surface area contributed by atoms with Crippen LogP contribution in [0.5, 0.6) is 17.2 Å². The topological polar surface area (TPSA) is 114 Å². The van der Waals surface area contributed by atoms with Crippen molar-refractivity contribution in [1.82, 2.24) is 10.2 Å². The molecule has 3 aromatic rings. The van der Waals surface area contributed by atoms with E-state index in [1.54, 1.807) is 31.2 Å². The molecule has 0 aromatic heterocycles. The van der Waals surface area contributed by atoms with E-state index in [-0.39, 0.29) is 29.3 Å². The number of anilines is 1. The van der Waals surface area contributed by atoms with E-state index in [4.69, 9.17) is 14.2 Å². The van der Waals surface area contributed by atoms with Gasteiger partial charge in [-0.1, -0.05) is 19.1 Å². The number of rotatable bonds is 14. The van der Waals surface area contributed by atoms with Gasteiger partial charge in [0.25, 0.3) is 10.0 Å². The Morgan fingerprint density at radius 1 is 0.911 bits per heavy atom. The smallest absolute Gasteiger partial charge is 0.264 e. The van der Waals surface area contributed by atoms with Crippen molar-refractivity contribution in [3.05, 3.63) is 78.1 Å². The largest absolute Gasteiger partial charge is 0.494 e. The highest BCUT2D eigenvalue weighted by atomic mass is 32.2. The van der Waals surface area contributed by atoms with Crippen LogP contribution in [0.1, 0.15) is 46.6 Å². The first-order chi connectivity index (χ1) is 21.2. The first-order valence-corrected chi connectivity index (χ1v) is 16.0. The Morgan fingerprint density at radius 3 is 2.07 bits per heavy atom. The number of nitrogens with one attached hydrogen (secondary N) is 1. The second-order valence-electron chi connectivity index (χ2n) is 11.3. The molecule has 12 heteroatoms. The van der Waals surface area contributed by atoms with Gasteiger partial charge in [-0.05, 0) is 88.2 Å². The Morgan fingerprint density at radius 2 is 1.53 bits per heavy atom. The van der Waals surface area contributed by atoms with E-state index in [1.807, 2.05) is 27.7 Å². The van der Waals surface area contributed by atoms with Crippen LogP contribution in [0, 0.1) is 5.82 Å². The highest BCUT2D eigenvalue weighted by molar-refractivity contribution is 7.92. The molecular weight excluding hydrogens is 601 g/mol. The third kappa shape index (κ3) is 9.10. The summed E-state index contributed by atoms with van der Waals surface area (Å²) in [5.74, 6) is -0.416. The molecule has 10 nitrogen and oxygen atoms in total. The van der Waals surface area contributed by atoms with E-state index in [0.29, 0.717) is 23.7 Å². The molecule has 0 aliphatic rings. The van der Waals surface area contributed by atoms with Gasteiger partial charge in [0.15, 0.2) is 11.5 Å². The average Bonchev–Trinajstić information content (AvgIpc) is 2.99. The number of hydrogen-bond acceptors (Lipinski definition) is 7. The number of ether oxygens (including phenoxy) is 3. The second-order valence-corrected chi connectivity index (χ2v) is 13.1. The lowest BCUT2D eigenvalue weighted by Crippen LogP contribution is -2.55. The zero-order valence-corrected chi connectivity index (χ0v) is 27.6. The third-order valence-corrected chi connectivity index (χ3v) is 8.58. The van der Waals surface area contributed by atoms with Gasteiger partial charge >= 0.3 is 0 Å². The summed E-state index contributed by atoms with van der Waals surface area (Å²) in [5.41, 5.74) is 0.192. The Hall–Kier alpha value is -4.32. The van der Waals surface area contributed by atoms with Gasteiger partial charge in [-0.3, -0.25) is 13.9 Å². The quantitative estimate of drug-likeness (QED) is 0.258. The van der Waals surface area contributed by atoms with Crippen LogP contribution in [0.3, 0.4) is 0 Å². The number of carbonyl (C=O) groups excluding carboxylic acids is 2. The zero-order chi connectivity index (χ0) is 33.4. The van der Waals surface area contributed by atoms with Crippen LogP contribution in [0.15, 0.2) is 71.6 Å². The molecule has 0 saturated heterocycles. The Labute approximate surface area is 265 Å². The number of nitrogens with zero attached hydrogens (tertiary/aromatic N) is 2. The first-order valence-electron chi connectivity index (χ1n) is 14.6. The number of sulfonamides is 1. The minimum absolute atomic E-state index is 0.0529. The molecule has 0 heterocycles. The van der Waals surface area contributed by atoms with Crippen LogP contribution in [-0.4, -0.2) is 64.1 Å². The van der Waals surface area contributed by atoms with Gasteiger partial charge in [0, 0.05) is 18.2 Å². The van der Waals surface area contributed by atoms with Gasteiger partial charge in [0.05, 0.1) is 31.4 Å². The van der Waals surface area contributed by atoms with Crippen molar-refractivity contribution >= 4 is 27.5 Å². The minimum atomic E-state index is -4.37. The number of benzene rings is 3. The summed E-state index contributed by atoms with van der Waals surface area (Å²) < 4.78 is 59.3. The predicted octanol–water partition coefficient (Wildman–Crippen LogP) is 5.16. The lowest BCUT2D eigenvalue weighted by molar-refractivity contribution is -0.141. The Bertz CT molecular complexity index is 1560. The van der Waals surface area contributed by atoms with Gasteiger partial charge in [0.1, 0.15) is 24.2 Å². The minimum Gasteiger partial charge on any atom is -0.494 e. The molecular formula is C33H42FN3O7S. The van der Waals surface area contributed by atoms with Crippen molar-refractivity contribution in [3.63, 3.8) is 0 Å². The molecule has 0 unspecified atom stereocenters. The van der Waals surface area contributed by atoms with Crippen molar-refractivity contribution in [2.24, 2.45) is 0 Å². The van der Waals surface area contributed by atoms with E-state index in [0.717, 1.165) is 4.31 Å². The first kappa shape index (κ1) is 35.2. The summed E-state index contributed by atoms with van der Waals surface area (Å²) in [6.07, 6.45) is 0.250. The van der Waals surface area contributed by atoms with E-state index in [1.165, 1.54) is 61.6 Å². The lowest BCUT2D eigenvalue weighted by Gasteiger charge is -2.34. The number of methoxy groups -OCH3 is 2. The van der Waals surface area contributed by atoms with E-state index in [9.17, 15) is 22.4 Å². The maximum Gasteiger partial charge on any atom is 0.264 e. The number of carbonyl (C=O) groups is 2. The van der Waals surface area contributed by atoms with Crippen molar-refractivity contribution in [2.45, 2.75) is 64.1 Å². The third-order valence-electron chi connectivity index (χ3n) is 6.81. The van der Waals surface area contributed by atoms with Crippen LogP contribution in [-0.2, 0) is 26.2 Å². The molecule has 244 valence electrons. The zero-order valence-electron chi connectivity index (χ0n) is 26.8. The number of amides is 2. The summed E-state index contributed by atoms with van der Waals surface area (Å²) >= 11 is 0. The fraction of sp³-hybridized carbons (Fsp3) is 0.394. The fourth-order valence-corrected chi connectivity index (χ4v) is 6.10. The predicted molar refractivity (Wildman–Crippen MR) is 171 cm³/mol. The van der Waals surface area contributed by atoms with Crippen LogP contribution in [0.2, 0.25) is 0 Å². The van der Waals surface area contributed by atoms with E-state index < -0.39 is 45.8 Å². The number of hydrogen-bond donors (Lipinski definition) is 1. The molecule has 0 bridgehead atoms. The molecule has 1 N–H and O–H groups in total. The molecule has 0 radical (unpaired) electrons. The van der Waals surface area contributed by atoms with Gasteiger partial charge in [-0.15, -0.1) is 0 Å². The molecule has 0 aliphatic carbocycles. The molecule has 1 atom stereocenters. The van der Waals surface area contributed by atoms with Crippen molar-refractivity contribution in [1.29, 1.82) is 0 Å². The van der Waals surface area contributed by atoms with Crippen LogP contribution in [0.25, 0.3) is 0 Å². The molecule has 2 amide bonds. The molecule has 45 heavy (non-hydrogen) atoms. The van der Waals surface area contributed by atoms with Gasteiger partial charge in [-0.2, -0.15) is 0 Å². The molecule has 0 saturated carbocycles. The van der Waals surface area contributed by atoms with Gasteiger partial charge in [-0.25, -0.2) is 12.8 Å². The maximum atomic E-state index is 14.2. The molecule has 3 aromatic carbocycles.